The van der Waals surface area contributed by atoms with Crippen molar-refractivity contribution in [1.29, 1.82) is 0 Å². The van der Waals surface area contributed by atoms with Gasteiger partial charge in [-0.1, -0.05) is 6.07 Å². The van der Waals surface area contributed by atoms with Crippen LogP contribution in [0.4, 0.5) is 23.2 Å². The minimum Gasteiger partial charge on any atom is -0.356 e. The Labute approximate surface area is 150 Å². The van der Waals surface area contributed by atoms with E-state index in [9.17, 15) is 27.2 Å². The zero-order valence-corrected chi connectivity index (χ0v) is 13.5. The summed E-state index contributed by atoms with van der Waals surface area (Å²) in [5.41, 5.74) is -2.38. The molecule has 0 saturated heterocycles. The molecule has 0 radical (unpaired) electrons. The Morgan fingerprint density at radius 1 is 1.07 bits per heavy atom. The second-order valence-electron chi connectivity index (χ2n) is 5.48. The Bertz CT molecular complexity index is 997. The van der Waals surface area contributed by atoms with Crippen molar-refractivity contribution in [3.05, 3.63) is 83.2 Å². The fourth-order valence-corrected chi connectivity index (χ4v) is 2.43. The lowest BCUT2D eigenvalue weighted by molar-refractivity contribution is -0.138. The maximum atomic E-state index is 14.0. The molecule has 0 saturated carbocycles. The predicted octanol–water partition coefficient (Wildman–Crippen LogP) is 4.05. The fraction of sp³-hybridized carbons (Fsp3) is 0.0556. The van der Waals surface area contributed by atoms with Crippen molar-refractivity contribution in [1.82, 2.24) is 9.97 Å². The first-order chi connectivity index (χ1) is 12.8. The zero-order chi connectivity index (χ0) is 19.6. The molecule has 0 atom stereocenters. The van der Waals surface area contributed by atoms with Gasteiger partial charge in [0.1, 0.15) is 11.5 Å². The number of hydrogen-bond acceptors (Lipinski definition) is 3. The number of carbonyl (C=O) groups is 2. The number of hydrogen-bond donors (Lipinski definition) is 2. The number of amides is 1. The highest BCUT2D eigenvalue weighted by atomic mass is 19.4. The lowest BCUT2D eigenvalue weighted by Gasteiger charge is -2.12. The Kier molecular flexibility index (Phi) is 4.76. The fourth-order valence-electron chi connectivity index (χ4n) is 2.43. The maximum absolute atomic E-state index is 14.0. The number of pyridine rings is 1. The van der Waals surface area contributed by atoms with Crippen molar-refractivity contribution in [3.63, 3.8) is 0 Å². The lowest BCUT2D eigenvalue weighted by atomic mass is 9.98. The van der Waals surface area contributed by atoms with E-state index in [0.717, 1.165) is 24.4 Å². The number of alkyl halides is 3. The lowest BCUT2D eigenvalue weighted by Crippen LogP contribution is -2.15. The Morgan fingerprint density at radius 2 is 1.78 bits per heavy atom. The summed E-state index contributed by atoms with van der Waals surface area (Å²) in [6.07, 6.45) is -0.937. The summed E-state index contributed by atoms with van der Waals surface area (Å²) in [5.74, 6) is -3.09. The van der Waals surface area contributed by atoms with Gasteiger partial charge >= 0.3 is 6.18 Å². The van der Waals surface area contributed by atoms with Crippen LogP contribution in [0.3, 0.4) is 0 Å². The van der Waals surface area contributed by atoms with Crippen LogP contribution in [0.5, 0.6) is 0 Å². The van der Waals surface area contributed by atoms with Gasteiger partial charge in [0.2, 0.25) is 0 Å². The van der Waals surface area contributed by atoms with Crippen LogP contribution in [0, 0.1) is 5.82 Å². The highest BCUT2D eigenvalue weighted by molar-refractivity contribution is 6.12. The van der Waals surface area contributed by atoms with Gasteiger partial charge in [-0.3, -0.25) is 14.6 Å². The molecule has 9 heteroatoms. The summed E-state index contributed by atoms with van der Waals surface area (Å²) >= 11 is 0. The molecule has 3 aromatic rings. The summed E-state index contributed by atoms with van der Waals surface area (Å²) in [5, 5.41) is 2.52. The van der Waals surface area contributed by atoms with E-state index in [-0.39, 0.29) is 11.3 Å². The molecule has 0 bridgehead atoms. The van der Waals surface area contributed by atoms with E-state index in [2.05, 4.69) is 15.3 Å². The van der Waals surface area contributed by atoms with Crippen LogP contribution >= 0.6 is 0 Å². The standard InChI is InChI=1S/C18H11F4N3O2/c19-13-3-1-2-12(18(20,21)22)15(13)16(26)10-8-14(24-9-10)17(27)25-11-4-6-23-7-5-11/h1-9,24H,(H,23,25,27). The average Bonchev–Trinajstić information content (AvgIpc) is 3.11. The van der Waals surface area contributed by atoms with E-state index in [1.54, 1.807) is 0 Å². The minimum atomic E-state index is -4.90. The van der Waals surface area contributed by atoms with Gasteiger partial charge in [0.05, 0.1) is 11.1 Å². The number of halogens is 4. The molecule has 1 amide bonds. The first-order valence-electron chi connectivity index (χ1n) is 7.57. The number of ketones is 1. The highest BCUT2D eigenvalue weighted by Crippen LogP contribution is 2.34. The summed E-state index contributed by atoms with van der Waals surface area (Å²) in [4.78, 5) is 30.9. The van der Waals surface area contributed by atoms with Gasteiger partial charge in [-0.25, -0.2) is 4.39 Å². The van der Waals surface area contributed by atoms with Crippen molar-refractivity contribution in [2.75, 3.05) is 5.32 Å². The number of benzene rings is 1. The first-order valence-corrected chi connectivity index (χ1v) is 7.57. The number of H-pyrrole nitrogens is 1. The van der Waals surface area contributed by atoms with Gasteiger partial charge in [0, 0.05) is 29.8 Å². The zero-order valence-electron chi connectivity index (χ0n) is 13.5. The SMILES string of the molecule is O=C(Nc1ccncc1)c1cc(C(=O)c2c(F)cccc2C(F)(F)F)c[nH]1. The third-order valence-corrected chi connectivity index (χ3v) is 3.67. The van der Waals surface area contributed by atoms with Crippen molar-refractivity contribution >= 4 is 17.4 Å². The Balaban J connectivity index is 1.89. The molecule has 0 unspecified atom stereocenters. The molecular formula is C18H11F4N3O2. The summed E-state index contributed by atoms with van der Waals surface area (Å²) < 4.78 is 53.2. The van der Waals surface area contributed by atoms with Crippen molar-refractivity contribution in [3.8, 4) is 0 Å². The van der Waals surface area contributed by atoms with Gasteiger partial charge < -0.3 is 10.3 Å². The van der Waals surface area contributed by atoms with E-state index in [0.29, 0.717) is 11.8 Å². The second kappa shape index (κ2) is 7.02. The predicted molar refractivity (Wildman–Crippen MR) is 87.8 cm³/mol. The molecular weight excluding hydrogens is 366 g/mol. The molecule has 2 N–H and O–H groups in total. The molecule has 0 spiro atoms. The quantitative estimate of drug-likeness (QED) is 0.532. The van der Waals surface area contributed by atoms with E-state index < -0.39 is 34.8 Å². The van der Waals surface area contributed by atoms with E-state index >= 15 is 0 Å². The number of aromatic nitrogens is 2. The topological polar surface area (TPSA) is 74.8 Å². The molecule has 0 aliphatic heterocycles. The maximum Gasteiger partial charge on any atom is 0.417 e. The van der Waals surface area contributed by atoms with Crippen LogP contribution < -0.4 is 5.32 Å². The van der Waals surface area contributed by atoms with Gasteiger partial charge in [-0.05, 0) is 30.3 Å². The molecule has 0 aliphatic rings. The van der Waals surface area contributed by atoms with Gasteiger partial charge in [0.15, 0.2) is 5.78 Å². The van der Waals surface area contributed by atoms with Crippen molar-refractivity contribution in [2.45, 2.75) is 6.18 Å². The molecule has 0 fully saturated rings. The summed E-state index contributed by atoms with van der Waals surface area (Å²) in [6.45, 7) is 0. The second-order valence-corrected chi connectivity index (χ2v) is 5.48. The molecule has 1 aromatic carbocycles. The first kappa shape index (κ1) is 18.3. The number of anilines is 1. The van der Waals surface area contributed by atoms with Crippen LogP contribution in [0.1, 0.15) is 32.0 Å². The number of aromatic amines is 1. The third kappa shape index (κ3) is 3.86. The van der Waals surface area contributed by atoms with E-state index in [4.69, 9.17) is 0 Å². The van der Waals surface area contributed by atoms with Crippen LogP contribution in [-0.2, 0) is 6.18 Å². The highest BCUT2D eigenvalue weighted by Gasteiger charge is 2.37. The molecule has 2 heterocycles. The van der Waals surface area contributed by atoms with E-state index in [1.165, 1.54) is 24.5 Å². The molecule has 3 rings (SSSR count). The number of nitrogens with zero attached hydrogens (tertiary/aromatic N) is 1. The molecule has 2 aromatic heterocycles. The number of rotatable bonds is 4. The Hall–Kier alpha value is -3.49. The van der Waals surface area contributed by atoms with Crippen LogP contribution in [0.2, 0.25) is 0 Å². The van der Waals surface area contributed by atoms with Crippen LogP contribution in [0.15, 0.2) is 55.0 Å². The largest absolute Gasteiger partial charge is 0.417 e. The normalized spacial score (nSPS) is 11.3. The van der Waals surface area contributed by atoms with Crippen molar-refractivity contribution in [2.24, 2.45) is 0 Å². The van der Waals surface area contributed by atoms with Crippen molar-refractivity contribution < 1.29 is 27.2 Å². The Morgan fingerprint density at radius 3 is 2.44 bits per heavy atom. The monoisotopic (exact) mass is 377 g/mol. The smallest absolute Gasteiger partial charge is 0.356 e. The molecule has 138 valence electrons. The van der Waals surface area contributed by atoms with E-state index in [1.807, 2.05) is 0 Å². The average molecular weight is 377 g/mol. The van der Waals surface area contributed by atoms with Crippen LogP contribution in [0.25, 0.3) is 0 Å². The third-order valence-electron chi connectivity index (χ3n) is 3.67. The van der Waals surface area contributed by atoms with Gasteiger partial charge in [-0.2, -0.15) is 13.2 Å². The van der Waals surface area contributed by atoms with Crippen LogP contribution in [-0.4, -0.2) is 21.7 Å². The minimum absolute atomic E-state index is 0.0694. The summed E-state index contributed by atoms with van der Waals surface area (Å²) in [6, 6.07) is 6.39. The number of nitrogens with one attached hydrogen (secondary N) is 2. The van der Waals surface area contributed by atoms with Gasteiger partial charge in [0.25, 0.3) is 5.91 Å². The molecule has 27 heavy (non-hydrogen) atoms. The number of carbonyl (C=O) groups excluding carboxylic acids is 2. The molecule has 5 nitrogen and oxygen atoms in total. The summed E-state index contributed by atoms with van der Waals surface area (Å²) in [7, 11) is 0. The van der Waals surface area contributed by atoms with Gasteiger partial charge in [-0.15, -0.1) is 0 Å². The molecule has 0 aliphatic carbocycles.